The van der Waals surface area contributed by atoms with Crippen LogP contribution >= 0.6 is 0 Å². The molecule has 1 aliphatic rings. The average molecular weight is 267 g/mol. The third-order valence-electron chi connectivity index (χ3n) is 2.95. The zero-order chi connectivity index (χ0) is 13.8. The average Bonchev–Trinajstić information content (AvgIpc) is 2.38. The predicted octanol–water partition coefficient (Wildman–Crippen LogP) is 0.416. The largest absolute Gasteiger partial charge is 0.356 e. The monoisotopic (exact) mass is 267 g/mol. The number of hydrogen-bond donors (Lipinski definition) is 2. The van der Waals surface area contributed by atoms with E-state index in [0.717, 1.165) is 5.56 Å². The normalized spacial score (nSPS) is 14.2. The number of carbonyl (C=O) groups excluding carboxylic acids is 2. The Balaban J connectivity index is 2.12. The SMILES string of the molecule is NNOC(=O)CCN1C(=O)CCc2cc(F)ccc21. The van der Waals surface area contributed by atoms with Crippen LogP contribution in [0, 0.1) is 5.82 Å². The topological polar surface area (TPSA) is 84.7 Å². The van der Waals surface area contributed by atoms with Crippen LogP contribution in [0.3, 0.4) is 0 Å². The Bertz CT molecular complexity index is 507. The lowest BCUT2D eigenvalue weighted by Gasteiger charge is -2.29. The van der Waals surface area contributed by atoms with Crippen LogP contribution in [0.2, 0.25) is 0 Å². The van der Waals surface area contributed by atoms with Gasteiger partial charge in [0.2, 0.25) is 5.91 Å². The van der Waals surface area contributed by atoms with E-state index < -0.39 is 5.97 Å². The summed E-state index contributed by atoms with van der Waals surface area (Å²) in [7, 11) is 0. The lowest BCUT2D eigenvalue weighted by Crippen LogP contribution is -2.37. The Morgan fingerprint density at radius 3 is 3.00 bits per heavy atom. The Morgan fingerprint density at radius 1 is 1.47 bits per heavy atom. The van der Waals surface area contributed by atoms with Crippen molar-refractivity contribution in [1.29, 1.82) is 0 Å². The van der Waals surface area contributed by atoms with E-state index in [1.54, 1.807) is 11.7 Å². The number of halogens is 1. The molecule has 0 unspecified atom stereocenters. The summed E-state index contributed by atoms with van der Waals surface area (Å²) in [4.78, 5) is 28.9. The van der Waals surface area contributed by atoms with Crippen LogP contribution in [-0.4, -0.2) is 18.4 Å². The summed E-state index contributed by atoms with van der Waals surface area (Å²) in [5.41, 5.74) is 3.20. The smallest absolute Gasteiger partial charge is 0.328 e. The van der Waals surface area contributed by atoms with Crippen molar-refractivity contribution in [2.45, 2.75) is 19.3 Å². The highest BCUT2D eigenvalue weighted by molar-refractivity contribution is 5.96. The number of rotatable bonds is 4. The number of carbonyl (C=O) groups is 2. The fraction of sp³-hybridized carbons (Fsp3) is 0.333. The fourth-order valence-corrected chi connectivity index (χ4v) is 2.09. The van der Waals surface area contributed by atoms with Gasteiger partial charge in [-0.2, -0.15) is 0 Å². The molecule has 0 bridgehead atoms. The highest BCUT2D eigenvalue weighted by atomic mass is 19.1. The van der Waals surface area contributed by atoms with Gasteiger partial charge in [0.05, 0.1) is 6.42 Å². The van der Waals surface area contributed by atoms with Crippen LogP contribution in [-0.2, 0) is 20.8 Å². The molecule has 0 atom stereocenters. The number of nitrogens with zero attached hydrogens (tertiary/aromatic N) is 1. The van der Waals surface area contributed by atoms with E-state index in [1.807, 2.05) is 0 Å². The highest BCUT2D eigenvalue weighted by Gasteiger charge is 2.24. The summed E-state index contributed by atoms with van der Waals surface area (Å²) in [6.45, 7) is 0.179. The molecule has 1 aromatic rings. The molecule has 3 N–H and O–H groups in total. The molecule has 2 rings (SSSR count). The zero-order valence-corrected chi connectivity index (χ0v) is 10.2. The summed E-state index contributed by atoms with van der Waals surface area (Å²) in [6.07, 6.45) is 0.824. The maximum Gasteiger partial charge on any atom is 0.328 e. The quantitative estimate of drug-likeness (QED) is 0.610. The van der Waals surface area contributed by atoms with Gasteiger partial charge in [-0.05, 0) is 30.2 Å². The molecular formula is C12H14FN3O3. The van der Waals surface area contributed by atoms with Gasteiger partial charge in [-0.15, -0.1) is 0 Å². The van der Waals surface area contributed by atoms with Crippen molar-refractivity contribution in [3.05, 3.63) is 29.6 Å². The standard InChI is InChI=1S/C12H14FN3O3/c13-9-2-3-10-8(7-9)1-4-11(17)16(10)6-5-12(18)19-15-14/h2-3,7,15H,1,4-6,14H2. The van der Waals surface area contributed by atoms with Crippen LogP contribution in [0.15, 0.2) is 18.2 Å². The Kier molecular flexibility index (Phi) is 4.08. The van der Waals surface area contributed by atoms with Crippen molar-refractivity contribution in [3.63, 3.8) is 0 Å². The second kappa shape index (κ2) is 5.77. The lowest BCUT2D eigenvalue weighted by molar-refractivity contribution is -0.151. The molecule has 1 amide bonds. The predicted molar refractivity (Wildman–Crippen MR) is 65.1 cm³/mol. The van der Waals surface area contributed by atoms with Crippen LogP contribution in [0.4, 0.5) is 10.1 Å². The maximum atomic E-state index is 13.1. The van der Waals surface area contributed by atoms with Gasteiger partial charge in [0, 0.05) is 18.7 Å². The van der Waals surface area contributed by atoms with Crippen molar-refractivity contribution in [2.75, 3.05) is 11.4 Å². The van der Waals surface area contributed by atoms with E-state index in [-0.39, 0.29) is 24.7 Å². The van der Waals surface area contributed by atoms with E-state index >= 15 is 0 Å². The first-order chi connectivity index (χ1) is 9.11. The van der Waals surface area contributed by atoms with Gasteiger partial charge in [0.1, 0.15) is 5.82 Å². The van der Waals surface area contributed by atoms with Crippen molar-refractivity contribution < 1.29 is 18.8 Å². The molecule has 0 radical (unpaired) electrons. The summed E-state index contributed by atoms with van der Waals surface area (Å²) < 4.78 is 13.1. The summed E-state index contributed by atoms with van der Waals surface area (Å²) in [5.74, 6) is 3.85. The number of nitrogens with one attached hydrogen (secondary N) is 1. The van der Waals surface area contributed by atoms with E-state index in [4.69, 9.17) is 5.84 Å². The molecule has 6 nitrogen and oxygen atoms in total. The molecule has 0 aromatic heterocycles. The first-order valence-corrected chi connectivity index (χ1v) is 5.86. The molecule has 102 valence electrons. The summed E-state index contributed by atoms with van der Waals surface area (Å²) >= 11 is 0. The number of fused-ring (bicyclic) bond motifs is 1. The number of hydrogen-bond acceptors (Lipinski definition) is 5. The number of hydrazine groups is 1. The number of benzene rings is 1. The van der Waals surface area contributed by atoms with Gasteiger partial charge in [0.15, 0.2) is 0 Å². The van der Waals surface area contributed by atoms with Crippen LogP contribution < -0.4 is 16.3 Å². The number of aryl methyl sites for hydroxylation is 1. The molecule has 7 heteroatoms. The molecule has 0 spiro atoms. The molecular weight excluding hydrogens is 253 g/mol. The van der Waals surface area contributed by atoms with Gasteiger partial charge >= 0.3 is 5.97 Å². The molecule has 0 fully saturated rings. The molecule has 1 heterocycles. The van der Waals surface area contributed by atoms with Gasteiger partial charge in [-0.3, -0.25) is 9.59 Å². The Labute approximate surface area is 109 Å². The molecule has 0 aliphatic carbocycles. The number of nitrogens with two attached hydrogens (primary N) is 1. The van der Waals surface area contributed by atoms with Crippen LogP contribution in [0.1, 0.15) is 18.4 Å². The number of anilines is 1. The third kappa shape index (κ3) is 3.07. The first-order valence-electron chi connectivity index (χ1n) is 5.86. The van der Waals surface area contributed by atoms with Crippen molar-refractivity contribution in [2.24, 2.45) is 5.84 Å². The summed E-state index contributed by atoms with van der Waals surface area (Å²) in [6, 6.07) is 4.26. The van der Waals surface area contributed by atoms with Crippen LogP contribution in [0.25, 0.3) is 0 Å². The molecule has 0 saturated heterocycles. The van der Waals surface area contributed by atoms with Crippen molar-refractivity contribution in [3.8, 4) is 0 Å². The van der Waals surface area contributed by atoms with E-state index in [0.29, 0.717) is 18.5 Å². The molecule has 1 aromatic carbocycles. The fourth-order valence-electron chi connectivity index (χ4n) is 2.09. The minimum atomic E-state index is -0.565. The van der Waals surface area contributed by atoms with Crippen molar-refractivity contribution in [1.82, 2.24) is 5.59 Å². The summed E-state index contributed by atoms with van der Waals surface area (Å²) in [5, 5.41) is 0. The molecule has 1 aliphatic heterocycles. The van der Waals surface area contributed by atoms with E-state index in [2.05, 4.69) is 4.84 Å². The molecule has 0 saturated carbocycles. The second-order valence-corrected chi connectivity index (χ2v) is 4.16. The number of amides is 1. The minimum absolute atomic E-state index is 0.00670. The zero-order valence-electron chi connectivity index (χ0n) is 10.2. The van der Waals surface area contributed by atoms with Crippen LogP contribution in [0.5, 0.6) is 0 Å². The van der Waals surface area contributed by atoms with Gasteiger partial charge < -0.3 is 9.74 Å². The van der Waals surface area contributed by atoms with Gasteiger partial charge in [-0.1, -0.05) is 5.59 Å². The highest BCUT2D eigenvalue weighted by Crippen LogP contribution is 2.28. The lowest BCUT2D eigenvalue weighted by atomic mass is 10.0. The maximum absolute atomic E-state index is 13.1. The second-order valence-electron chi connectivity index (χ2n) is 4.16. The van der Waals surface area contributed by atoms with E-state index in [1.165, 1.54) is 17.0 Å². The van der Waals surface area contributed by atoms with Gasteiger partial charge in [0.25, 0.3) is 0 Å². The molecule has 19 heavy (non-hydrogen) atoms. The Hall–Kier alpha value is -1.99. The Morgan fingerprint density at radius 2 is 2.26 bits per heavy atom. The van der Waals surface area contributed by atoms with Gasteiger partial charge in [-0.25, -0.2) is 10.2 Å². The van der Waals surface area contributed by atoms with E-state index in [9.17, 15) is 14.0 Å². The third-order valence-corrected chi connectivity index (χ3v) is 2.95. The minimum Gasteiger partial charge on any atom is -0.356 e. The van der Waals surface area contributed by atoms with Crippen molar-refractivity contribution >= 4 is 17.6 Å². The first kappa shape index (κ1) is 13.4.